The first-order valence-corrected chi connectivity index (χ1v) is 11.2. The van der Waals surface area contributed by atoms with Gasteiger partial charge < -0.3 is 4.90 Å². The molecule has 6 nitrogen and oxygen atoms in total. The third-order valence-electron chi connectivity index (χ3n) is 6.50. The van der Waals surface area contributed by atoms with E-state index in [1.807, 2.05) is 23.4 Å². The molecule has 0 N–H and O–H groups in total. The number of carbonyl (C=O) groups is 2. The molecule has 4 rings (SSSR count). The van der Waals surface area contributed by atoms with Crippen molar-refractivity contribution in [3.8, 4) is 0 Å². The highest BCUT2D eigenvalue weighted by Crippen LogP contribution is 2.37. The molecule has 3 heterocycles. The van der Waals surface area contributed by atoms with Crippen LogP contribution < -0.4 is 0 Å². The van der Waals surface area contributed by atoms with Crippen LogP contribution in [0.4, 0.5) is 0 Å². The monoisotopic (exact) mass is 416 g/mol. The van der Waals surface area contributed by atoms with Crippen LogP contribution in [-0.4, -0.2) is 43.9 Å². The molecule has 7 heteroatoms. The number of pyridine rings is 1. The van der Waals surface area contributed by atoms with E-state index in [1.54, 1.807) is 0 Å². The first kappa shape index (κ1) is 20.3. The van der Waals surface area contributed by atoms with Crippen LogP contribution >= 0.6 is 11.6 Å². The molecule has 1 amide bonds. The van der Waals surface area contributed by atoms with Crippen LogP contribution in [0.2, 0.25) is 5.02 Å². The largest absolute Gasteiger partial charge is 0.334 e. The molecule has 1 aliphatic carbocycles. The van der Waals surface area contributed by atoms with Crippen LogP contribution in [0.3, 0.4) is 0 Å². The highest BCUT2D eigenvalue weighted by molar-refractivity contribution is 6.36. The average Bonchev–Trinajstić information content (AvgIpc) is 3.02. The Bertz CT molecular complexity index is 968. The van der Waals surface area contributed by atoms with Crippen molar-refractivity contribution in [2.45, 2.75) is 78.3 Å². The molecule has 2 aromatic rings. The number of hydrogen-bond acceptors (Lipinski definition) is 4. The number of likely N-dealkylation sites (tertiary alicyclic amines) is 1. The van der Waals surface area contributed by atoms with E-state index in [2.05, 4.69) is 17.0 Å². The van der Waals surface area contributed by atoms with Crippen molar-refractivity contribution in [2.75, 3.05) is 6.54 Å². The van der Waals surface area contributed by atoms with Gasteiger partial charge in [-0.3, -0.25) is 9.59 Å². The predicted octanol–water partition coefficient (Wildman–Crippen LogP) is 4.48. The number of unbranched alkanes of at least 4 members (excludes halogenated alkanes) is 1. The van der Waals surface area contributed by atoms with Gasteiger partial charge in [-0.25, -0.2) is 9.67 Å². The Kier molecular flexibility index (Phi) is 5.65. The van der Waals surface area contributed by atoms with Gasteiger partial charge in [-0.2, -0.15) is 5.10 Å². The number of aromatic nitrogens is 3. The first-order chi connectivity index (χ1) is 13.9. The van der Waals surface area contributed by atoms with Gasteiger partial charge in [-0.1, -0.05) is 37.8 Å². The summed E-state index contributed by atoms with van der Waals surface area (Å²) < 4.78 is 1.90. The number of aryl methyl sites for hydroxylation is 3. The lowest BCUT2D eigenvalue weighted by atomic mass is 9.77. The van der Waals surface area contributed by atoms with E-state index in [-0.39, 0.29) is 17.9 Å². The number of amides is 1. The second-order valence-electron chi connectivity index (χ2n) is 8.42. The summed E-state index contributed by atoms with van der Waals surface area (Å²) in [5.74, 6) is 0.213. The Morgan fingerprint density at radius 2 is 1.97 bits per heavy atom. The minimum absolute atomic E-state index is 0.00692. The van der Waals surface area contributed by atoms with E-state index >= 15 is 0 Å². The fraction of sp³-hybridized carbons (Fsp3) is 0.636. The molecule has 1 aliphatic heterocycles. The Labute approximate surface area is 176 Å². The summed E-state index contributed by atoms with van der Waals surface area (Å²) in [4.78, 5) is 32.8. The van der Waals surface area contributed by atoms with Gasteiger partial charge in [-0.15, -0.1) is 0 Å². The number of hydrogen-bond donors (Lipinski definition) is 0. The van der Waals surface area contributed by atoms with E-state index in [0.29, 0.717) is 35.0 Å². The maximum atomic E-state index is 13.8. The normalized spacial score (nSPS) is 22.2. The van der Waals surface area contributed by atoms with Crippen molar-refractivity contribution in [1.82, 2.24) is 19.7 Å². The number of nitrogens with zero attached hydrogens (tertiary/aromatic N) is 4. The van der Waals surface area contributed by atoms with Crippen molar-refractivity contribution >= 4 is 34.3 Å². The summed E-state index contributed by atoms with van der Waals surface area (Å²) >= 11 is 6.66. The SMILES string of the molecule is CCCCn1nc(C)c2c(C(=O)N3CCC(=O)[C@H]4CCCC[C@@H]43)c(Cl)c(C)nc21. The zero-order valence-corrected chi connectivity index (χ0v) is 18.3. The third-order valence-corrected chi connectivity index (χ3v) is 6.96. The molecule has 0 aromatic carbocycles. The lowest BCUT2D eigenvalue weighted by Crippen LogP contribution is -2.53. The first-order valence-electron chi connectivity index (χ1n) is 10.8. The second-order valence-corrected chi connectivity index (χ2v) is 8.80. The standard InChI is InChI=1S/C22H29ClN4O2/c1-4-5-11-27-21-18(13(2)25-27)19(20(23)14(3)24-21)22(29)26-12-10-17(28)15-8-6-7-9-16(15)26/h15-16H,4-12H2,1-3H3/t15-,16-/m0/s1. The van der Waals surface area contributed by atoms with Crippen molar-refractivity contribution in [1.29, 1.82) is 0 Å². The topological polar surface area (TPSA) is 68.1 Å². The minimum atomic E-state index is -0.0759. The van der Waals surface area contributed by atoms with E-state index in [9.17, 15) is 9.59 Å². The quantitative estimate of drug-likeness (QED) is 0.737. The zero-order valence-electron chi connectivity index (χ0n) is 17.5. The van der Waals surface area contributed by atoms with Crippen molar-refractivity contribution in [3.05, 3.63) is 22.0 Å². The lowest BCUT2D eigenvalue weighted by Gasteiger charge is -2.43. The van der Waals surface area contributed by atoms with Gasteiger partial charge in [0.1, 0.15) is 5.78 Å². The summed E-state index contributed by atoms with van der Waals surface area (Å²) in [5.41, 5.74) is 2.66. The lowest BCUT2D eigenvalue weighted by molar-refractivity contribution is -0.129. The Hall–Kier alpha value is -1.95. The molecule has 0 radical (unpaired) electrons. The summed E-state index contributed by atoms with van der Waals surface area (Å²) in [5, 5.41) is 5.82. The summed E-state index contributed by atoms with van der Waals surface area (Å²) in [6, 6.07) is -0.00692. The third kappa shape index (κ3) is 3.45. The van der Waals surface area contributed by atoms with Gasteiger partial charge in [0.25, 0.3) is 5.91 Å². The molecule has 2 fully saturated rings. The molecule has 0 spiro atoms. The van der Waals surface area contributed by atoms with Gasteiger partial charge in [-0.05, 0) is 33.1 Å². The summed E-state index contributed by atoms with van der Waals surface area (Å²) in [7, 11) is 0. The fourth-order valence-electron chi connectivity index (χ4n) is 4.98. The Morgan fingerprint density at radius 3 is 2.72 bits per heavy atom. The summed E-state index contributed by atoms with van der Waals surface area (Å²) in [6.07, 6.45) is 6.40. The van der Waals surface area contributed by atoms with Crippen LogP contribution in [0, 0.1) is 19.8 Å². The number of carbonyl (C=O) groups excluding carboxylic acids is 2. The minimum Gasteiger partial charge on any atom is -0.334 e. The van der Waals surface area contributed by atoms with Gasteiger partial charge in [0.05, 0.1) is 27.4 Å². The van der Waals surface area contributed by atoms with Gasteiger partial charge in [0.15, 0.2) is 5.65 Å². The molecule has 2 aliphatic rings. The van der Waals surface area contributed by atoms with Crippen molar-refractivity contribution in [3.63, 3.8) is 0 Å². The van der Waals surface area contributed by atoms with Gasteiger partial charge in [0.2, 0.25) is 0 Å². The number of Topliss-reactive ketones (excluding diaryl/α,β-unsaturated/α-hetero) is 1. The summed E-state index contributed by atoms with van der Waals surface area (Å²) in [6.45, 7) is 7.14. The highest BCUT2D eigenvalue weighted by Gasteiger charge is 2.41. The van der Waals surface area contributed by atoms with Gasteiger partial charge >= 0.3 is 0 Å². The number of ketones is 1. The molecular formula is C22H29ClN4O2. The molecule has 2 aromatic heterocycles. The van der Waals surface area contributed by atoms with E-state index in [1.165, 1.54) is 0 Å². The molecule has 1 saturated carbocycles. The van der Waals surface area contributed by atoms with Crippen molar-refractivity contribution in [2.24, 2.45) is 5.92 Å². The van der Waals surface area contributed by atoms with Crippen LogP contribution in [-0.2, 0) is 11.3 Å². The van der Waals surface area contributed by atoms with Crippen LogP contribution in [0.15, 0.2) is 0 Å². The maximum Gasteiger partial charge on any atom is 0.256 e. The zero-order chi connectivity index (χ0) is 20.7. The molecule has 156 valence electrons. The van der Waals surface area contributed by atoms with Crippen molar-refractivity contribution < 1.29 is 9.59 Å². The molecule has 29 heavy (non-hydrogen) atoms. The van der Waals surface area contributed by atoms with E-state index < -0.39 is 0 Å². The highest BCUT2D eigenvalue weighted by atomic mass is 35.5. The Morgan fingerprint density at radius 1 is 1.21 bits per heavy atom. The van der Waals surface area contributed by atoms with E-state index in [4.69, 9.17) is 11.6 Å². The Balaban J connectivity index is 1.80. The maximum absolute atomic E-state index is 13.8. The molecular weight excluding hydrogens is 388 g/mol. The smallest absolute Gasteiger partial charge is 0.256 e. The predicted molar refractivity (Wildman–Crippen MR) is 113 cm³/mol. The molecule has 2 atom stereocenters. The molecule has 0 bridgehead atoms. The fourth-order valence-corrected chi connectivity index (χ4v) is 5.19. The van der Waals surface area contributed by atoms with E-state index in [0.717, 1.165) is 61.8 Å². The number of piperidine rings is 1. The molecule has 1 saturated heterocycles. The van der Waals surface area contributed by atoms with Crippen LogP contribution in [0.25, 0.3) is 11.0 Å². The number of fused-ring (bicyclic) bond motifs is 2. The molecule has 0 unspecified atom stereocenters. The average molecular weight is 417 g/mol. The second kappa shape index (κ2) is 8.05. The van der Waals surface area contributed by atoms with Crippen LogP contribution in [0.5, 0.6) is 0 Å². The number of rotatable bonds is 4. The van der Waals surface area contributed by atoms with Crippen LogP contribution in [0.1, 0.15) is 73.6 Å². The number of halogens is 1. The van der Waals surface area contributed by atoms with Gasteiger partial charge in [0, 0.05) is 31.5 Å².